The zero-order valence-electron chi connectivity index (χ0n) is 20.9. The van der Waals surface area contributed by atoms with E-state index in [4.69, 9.17) is 0 Å². The first-order chi connectivity index (χ1) is 18.0. The minimum Gasteiger partial charge on any atom is -0.336 e. The van der Waals surface area contributed by atoms with Crippen LogP contribution in [-0.4, -0.2) is 70.5 Å². The van der Waals surface area contributed by atoms with Crippen molar-refractivity contribution < 1.29 is 14.4 Å². The second-order valence-corrected chi connectivity index (χ2v) is 9.42. The maximum absolute atomic E-state index is 13.8. The molecule has 190 valence electrons. The molecule has 8 nitrogen and oxygen atoms in total. The summed E-state index contributed by atoms with van der Waals surface area (Å²) < 4.78 is 0. The van der Waals surface area contributed by atoms with Gasteiger partial charge in [-0.1, -0.05) is 91.0 Å². The Morgan fingerprint density at radius 3 is 2.11 bits per heavy atom. The third-order valence-corrected chi connectivity index (χ3v) is 6.95. The summed E-state index contributed by atoms with van der Waals surface area (Å²) in [5.41, 5.74) is 2.85. The molecule has 0 saturated carbocycles. The van der Waals surface area contributed by atoms with Crippen molar-refractivity contribution in [1.29, 1.82) is 0 Å². The van der Waals surface area contributed by atoms with Gasteiger partial charge in [0.25, 0.3) is 0 Å². The molecular formula is C29H31N5O3. The number of hydrogen-bond donors (Lipinski definition) is 1. The van der Waals surface area contributed by atoms with Crippen molar-refractivity contribution >= 4 is 17.8 Å². The summed E-state index contributed by atoms with van der Waals surface area (Å²) in [6.45, 7) is 1.11. The van der Waals surface area contributed by atoms with Crippen LogP contribution >= 0.6 is 0 Å². The monoisotopic (exact) mass is 497 g/mol. The van der Waals surface area contributed by atoms with E-state index in [0.29, 0.717) is 19.5 Å². The molecule has 2 aliphatic heterocycles. The summed E-state index contributed by atoms with van der Waals surface area (Å²) in [6.07, 6.45) is 0.0610. The summed E-state index contributed by atoms with van der Waals surface area (Å²) in [7, 11) is 1.74. The van der Waals surface area contributed by atoms with Crippen LogP contribution in [0.3, 0.4) is 0 Å². The van der Waals surface area contributed by atoms with Crippen molar-refractivity contribution in [2.75, 3.05) is 26.7 Å². The highest BCUT2D eigenvalue weighted by molar-refractivity contribution is 5.92. The van der Waals surface area contributed by atoms with Gasteiger partial charge in [0.2, 0.25) is 11.8 Å². The number of hydrazine groups is 1. The lowest BCUT2D eigenvalue weighted by atomic mass is 9.98. The molecule has 2 fully saturated rings. The van der Waals surface area contributed by atoms with Crippen LogP contribution in [0.15, 0.2) is 91.0 Å². The Morgan fingerprint density at radius 2 is 1.46 bits per heavy atom. The number of likely N-dealkylation sites (N-methyl/N-ethyl adjacent to an activating group) is 1. The summed E-state index contributed by atoms with van der Waals surface area (Å²) >= 11 is 0. The van der Waals surface area contributed by atoms with E-state index in [0.717, 1.165) is 16.7 Å². The number of benzene rings is 3. The number of carbonyl (C=O) groups excluding carboxylic acids is 3. The number of nitrogens with zero attached hydrogens (tertiary/aromatic N) is 4. The van der Waals surface area contributed by atoms with Crippen LogP contribution in [-0.2, 0) is 22.6 Å². The van der Waals surface area contributed by atoms with E-state index in [-0.39, 0.29) is 30.9 Å². The zero-order chi connectivity index (χ0) is 25.8. The lowest BCUT2D eigenvalue weighted by molar-refractivity contribution is -0.187. The number of rotatable bonds is 6. The molecule has 2 heterocycles. The lowest BCUT2D eigenvalue weighted by Gasteiger charge is -2.54. The van der Waals surface area contributed by atoms with Gasteiger partial charge in [-0.2, -0.15) is 0 Å². The van der Waals surface area contributed by atoms with Crippen LogP contribution in [0.4, 0.5) is 4.79 Å². The van der Waals surface area contributed by atoms with Crippen LogP contribution in [0.5, 0.6) is 0 Å². The maximum atomic E-state index is 13.8. The standard InChI is InChI=1S/C29H31N5O3/c1-31-21-26(35)33-25(34(31)29(37)30-19-23-13-7-3-8-14-23)20-32(18-17-22-11-5-2-6-12-22)28(36)27(33)24-15-9-4-10-16-24/h2-16,25,27H,17-21H2,1H3,(H,30,37)/t25?,27-/m0/s1. The Hall–Kier alpha value is -4.17. The molecule has 2 atom stereocenters. The van der Waals surface area contributed by atoms with E-state index in [1.54, 1.807) is 26.9 Å². The number of piperazine rings is 1. The van der Waals surface area contributed by atoms with Gasteiger partial charge in [-0.05, 0) is 23.1 Å². The highest BCUT2D eigenvalue weighted by atomic mass is 16.2. The molecule has 0 aliphatic carbocycles. The Kier molecular flexibility index (Phi) is 7.18. The molecule has 0 radical (unpaired) electrons. The Balaban J connectivity index is 1.44. The average molecular weight is 498 g/mol. The number of amides is 4. The summed E-state index contributed by atoms with van der Waals surface area (Å²) in [6, 6.07) is 27.9. The van der Waals surface area contributed by atoms with Gasteiger partial charge in [0.15, 0.2) is 0 Å². The molecule has 0 aromatic heterocycles. The van der Waals surface area contributed by atoms with Crippen molar-refractivity contribution in [3.63, 3.8) is 0 Å². The van der Waals surface area contributed by atoms with Gasteiger partial charge < -0.3 is 15.1 Å². The zero-order valence-corrected chi connectivity index (χ0v) is 20.9. The van der Waals surface area contributed by atoms with Crippen molar-refractivity contribution in [2.24, 2.45) is 0 Å². The third-order valence-electron chi connectivity index (χ3n) is 6.95. The molecule has 1 N–H and O–H groups in total. The van der Waals surface area contributed by atoms with E-state index < -0.39 is 12.2 Å². The van der Waals surface area contributed by atoms with Crippen LogP contribution in [0.25, 0.3) is 0 Å². The summed E-state index contributed by atoms with van der Waals surface area (Å²) in [4.78, 5) is 44.0. The largest absolute Gasteiger partial charge is 0.336 e. The van der Waals surface area contributed by atoms with Crippen molar-refractivity contribution in [3.8, 4) is 0 Å². The van der Waals surface area contributed by atoms with Crippen molar-refractivity contribution in [1.82, 2.24) is 25.1 Å². The molecule has 0 spiro atoms. The van der Waals surface area contributed by atoms with Gasteiger partial charge in [0.1, 0.15) is 12.2 Å². The van der Waals surface area contributed by atoms with E-state index in [2.05, 4.69) is 5.32 Å². The summed E-state index contributed by atoms with van der Waals surface area (Å²) in [5, 5.41) is 6.22. The van der Waals surface area contributed by atoms with E-state index in [1.165, 1.54) is 0 Å². The minimum atomic E-state index is -0.790. The normalized spacial score (nSPS) is 20.1. The molecule has 5 rings (SSSR count). The van der Waals surface area contributed by atoms with Gasteiger partial charge in [-0.25, -0.2) is 14.8 Å². The molecule has 3 aromatic carbocycles. The minimum absolute atomic E-state index is 0.00981. The topological polar surface area (TPSA) is 76.2 Å². The maximum Gasteiger partial charge on any atom is 0.334 e. The fourth-order valence-electron chi connectivity index (χ4n) is 5.12. The van der Waals surface area contributed by atoms with Gasteiger partial charge in [-0.3, -0.25) is 9.59 Å². The highest BCUT2D eigenvalue weighted by Gasteiger charge is 2.51. The van der Waals surface area contributed by atoms with E-state index >= 15 is 0 Å². The van der Waals surface area contributed by atoms with E-state index in [1.807, 2.05) is 91.0 Å². The molecule has 1 unspecified atom stereocenters. The average Bonchev–Trinajstić information content (AvgIpc) is 2.92. The number of hydrogen-bond acceptors (Lipinski definition) is 4. The molecule has 4 amide bonds. The molecule has 2 aliphatic rings. The third kappa shape index (κ3) is 5.20. The molecule has 8 heteroatoms. The predicted molar refractivity (Wildman–Crippen MR) is 140 cm³/mol. The predicted octanol–water partition coefficient (Wildman–Crippen LogP) is 3.04. The molecule has 37 heavy (non-hydrogen) atoms. The number of urea groups is 1. The fraction of sp³-hybridized carbons (Fsp3) is 0.276. The SMILES string of the molecule is CN1CC(=O)N2C(CN(CCc3ccccc3)C(=O)[C@@H]2c2ccccc2)N1C(=O)NCc1ccccc1. The number of nitrogens with one attached hydrogen (secondary N) is 1. The Labute approximate surface area is 217 Å². The first kappa shape index (κ1) is 24.5. The molecule has 3 aromatic rings. The molecule has 0 bridgehead atoms. The second-order valence-electron chi connectivity index (χ2n) is 9.42. The first-order valence-corrected chi connectivity index (χ1v) is 12.5. The van der Waals surface area contributed by atoms with Gasteiger partial charge in [0, 0.05) is 20.1 Å². The quantitative estimate of drug-likeness (QED) is 0.568. The number of carbonyl (C=O) groups is 3. The van der Waals surface area contributed by atoms with Gasteiger partial charge in [-0.15, -0.1) is 0 Å². The van der Waals surface area contributed by atoms with Crippen LogP contribution in [0, 0.1) is 0 Å². The molecule has 2 saturated heterocycles. The van der Waals surface area contributed by atoms with Gasteiger partial charge >= 0.3 is 6.03 Å². The highest BCUT2D eigenvalue weighted by Crippen LogP contribution is 2.34. The lowest BCUT2D eigenvalue weighted by Crippen LogP contribution is -2.73. The van der Waals surface area contributed by atoms with Crippen LogP contribution in [0.2, 0.25) is 0 Å². The van der Waals surface area contributed by atoms with Crippen LogP contribution in [0.1, 0.15) is 22.7 Å². The summed E-state index contributed by atoms with van der Waals surface area (Å²) in [5.74, 6) is -0.301. The smallest absolute Gasteiger partial charge is 0.334 e. The van der Waals surface area contributed by atoms with Crippen molar-refractivity contribution in [3.05, 3.63) is 108 Å². The molecular weight excluding hydrogens is 466 g/mol. The van der Waals surface area contributed by atoms with Crippen LogP contribution < -0.4 is 5.32 Å². The van der Waals surface area contributed by atoms with Crippen molar-refractivity contribution in [2.45, 2.75) is 25.2 Å². The number of fused-ring (bicyclic) bond motifs is 1. The van der Waals surface area contributed by atoms with E-state index in [9.17, 15) is 14.4 Å². The second kappa shape index (κ2) is 10.8. The first-order valence-electron chi connectivity index (χ1n) is 12.5. The van der Waals surface area contributed by atoms with Gasteiger partial charge in [0.05, 0.1) is 13.1 Å². The Morgan fingerprint density at radius 1 is 0.865 bits per heavy atom. The Bertz CT molecular complexity index is 1240. The fourth-order valence-corrected chi connectivity index (χ4v) is 5.12.